The summed E-state index contributed by atoms with van der Waals surface area (Å²) < 4.78 is 16.3. The smallest absolute Gasteiger partial charge is 0.353 e. The maximum atomic E-state index is 13.0. The summed E-state index contributed by atoms with van der Waals surface area (Å²) in [6, 6.07) is 3.43. The van der Waals surface area contributed by atoms with Crippen LogP contribution in [-0.4, -0.2) is 49.7 Å². The van der Waals surface area contributed by atoms with E-state index >= 15 is 0 Å². The summed E-state index contributed by atoms with van der Waals surface area (Å²) in [7, 11) is 4.48. The van der Waals surface area contributed by atoms with Crippen LogP contribution in [0.3, 0.4) is 0 Å². The topological polar surface area (TPSA) is 124 Å². The average Bonchev–Trinajstić information content (AvgIpc) is 3.47. The number of ketones is 1. The molecular weight excluding hydrogens is 364 g/mol. The van der Waals surface area contributed by atoms with Crippen LogP contribution in [0.2, 0.25) is 0 Å². The number of H-pyrrole nitrogens is 1. The van der Waals surface area contributed by atoms with Gasteiger partial charge < -0.3 is 30.0 Å². The molecule has 0 amide bonds. The van der Waals surface area contributed by atoms with Crippen LogP contribution in [0.4, 0.5) is 0 Å². The molecule has 0 radical (unpaired) electrons. The summed E-state index contributed by atoms with van der Waals surface area (Å²) in [6.45, 7) is 0.291. The summed E-state index contributed by atoms with van der Waals surface area (Å²) in [5, 5.41) is 9.69. The van der Waals surface area contributed by atoms with E-state index in [4.69, 9.17) is 19.9 Å². The zero-order valence-electron chi connectivity index (χ0n) is 16.1. The fraction of sp³-hybridized carbons (Fsp3) is 0.400. The number of carbonyl (C=O) groups is 2. The van der Waals surface area contributed by atoms with Gasteiger partial charge in [-0.3, -0.25) is 4.79 Å². The van der Waals surface area contributed by atoms with Crippen molar-refractivity contribution in [3.8, 4) is 28.4 Å². The Bertz CT molecular complexity index is 914. The maximum absolute atomic E-state index is 13.0. The molecule has 8 heteroatoms. The summed E-state index contributed by atoms with van der Waals surface area (Å²) in [5.41, 5.74) is 7.42. The number of rotatable bonds is 9. The lowest BCUT2D eigenvalue weighted by Gasteiger charge is -2.17. The molecule has 1 aliphatic carbocycles. The van der Waals surface area contributed by atoms with E-state index in [-0.39, 0.29) is 23.0 Å². The van der Waals surface area contributed by atoms with E-state index in [0.29, 0.717) is 47.0 Å². The normalized spacial score (nSPS) is 13.3. The molecule has 150 valence electrons. The number of ether oxygens (including phenoxy) is 3. The minimum absolute atomic E-state index is 0.118. The molecule has 0 atom stereocenters. The summed E-state index contributed by atoms with van der Waals surface area (Å²) >= 11 is 0. The highest BCUT2D eigenvalue weighted by Crippen LogP contribution is 2.48. The summed E-state index contributed by atoms with van der Waals surface area (Å²) in [5.74, 6) is -0.321. The van der Waals surface area contributed by atoms with Crippen LogP contribution in [0.5, 0.6) is 17.2 Å². The molecule has 28 heavy (non-hydrogen) atoms. The number of carboxylic acid groups (broad SMARTS) is 1. The number of aromatic carboxylic acids is 1. The molecule has 1 aliphatic rings. The van der Waals surface area contributed by atoms with E-state index in [1.165, 1.54) is 21.3 Å². The molecule has 1 aromatic carbocycles. The number of methoxy groups -OCH3 is 3. The van der Waals surface area contributed by atoms with Gasteiger partial charge >= 0.3 is 5.97 Å². The summed E-state index contributed by atoms with van der Waals surface area (Å²) in [6.07, 6.45) is 1.90. The third kappa shape index (κ3) is 3.31. The van der Waals surface area contributed by atoms with Crippen molar-refractivity contribution in [2.45, 2.75) is 19.3 Å². The van der Waals surface area contributed by atoms with E-state index < -0.39 is 5.97 Å². The number of hydrogen-bond donors (Lipinski definition) is 3. The van der Waals surface area contributed by atoms with Gasteiger partial charge in [0.05, 0.1) is 26.9 Å². The lowest BCUT2D eigenvalue weighted by Crippen LogP contribution is -2.10. The molecule has 3 rings (SSSR count). The van der Waals surface area contributed by atoms with Gasteiger partial charge in [-0.15, -0.1) is 0 Å². The number of aromatic amines is 1. The number of aromatic nitrogens is 1. The molecule has 1 heterocycles. The Balaban J connectivity index is 2.34. The molecular formula is C20H24N2O6. The molecule has 1 aromatic heterocycles. The van der Waals surface area contributed by atoms with Crippen molar-refractivity contribution >= 4 is 11.8 Å². The molecule has 1 fully saturated rings. The van der Waals surface area contributed by atoms with Crippen molar-refractivity contribution < 1.29 is 28.9 Å². The number of carbonyl (C=O) groups excluding carboxylic acids is 1. The lowest BCUT2D eigenvalue weighted by molar-refractivity contribution is 0.0685. The first kappa shape index (κ1) is 19.8. The Hall–Kier alpha value is -3.00. The predicted molar refractivity (Wildman–Crippen MR) is 103 cm³/mol. The Morgan fingerprint density at radius 1 is 1.14 bits per heavy atom. The number of Topliss-reactive ketones (excluding diaryl/α,β-unsaturated/α-hetero) is 1. The van der Waals surface area contributed by atoms with E-state index in [0.717, 1.165) is 12.8 Å². The Kier molecular flexibility index (Phi) is 5.60. The Morgan fingerprint density at radius 2 is 1.82 bits per heavy atom. The van der Waals surface area contributed by atoms with Gasteiger partial charge in [0.25, 0.3) is 0 Å². The van der Waals surface area contributed by atoms with Crippen molar-refractivity contribution in [3.63, 3.8) is 0 Å². The van der Waals surface area contributed by atoms with Crippen LogP contribution >= 0.6 is 0 Å². The van der Waals surface area contributed by atoms with E-state index in [1.807, 2.05) is 0 Å². The number of nitrogens with two attached hydrogens (primary N) is 1. The fourth-order valence-corrected chi connectivity index (χ4v) is 3.44. The fourth-order valence-electron chi connectivity index (χ4n) is 3.44. The molecule has 1 saturated carbocycles. The third-order valence-electron chi connectivity index (χ3n) is 4.85. The van der Waals surface area contributed by atoms with Gasteiger partial charge in [-0.1, -0.05) is 0 Å². The highest BCUT2D eigenvalue weighted by Gasteiger charge is 2.37. The molecule has 4 N–H and O–H groups in total. The highest BCUT2D eigenvalue weighted by atomic mass is 16.5. The van der Waals surface area contributed by atoms with E-state index in [9.17, 15) is 14.7 Å². The van der Waals surface area contributed by atoms with Gasteiger partial charge in [-0.25, -0.2) is 4.79 Å². The number of carboxylic acids is 1. The second kappa shape index (κ2) is 7.93. The maximum Gasteiger partial charge on any atom is 0.353 e. The number of benzene rings is 1. The first-order chi connectivity index (χ1) is 13.5. The summed E-state index contributed by atoms with van der Waals surface area (Å²) in [4.78, 5) is 27.8. The van der Waals surface area contributed by atoms with Crippen molar-refractivity contribution in [1.82, 2.24) is 4.98 Å². The SMILES string of the molecule is COc1ccc(-c2c(CCN)[nH]c(C(=O)O)c2C(=O)C2CC2)c(OC)c1OC. The molecule has 0 aliphatic heterocycles. The third-order valence-corrected chi connectivity index (χ3v) is 4.85. The Morgan fingerprint density at radius 3 is 2.32 bits per heavy atom. The molecule has 0 spiro atoms. The molecule has 0 saturated heterocycles. The zero-order valence-corrected chi connectivity index (χ0v) is 16.1. The second-order valence-electron chi connectivity index (χ2n) is 6.59. The Labute approximate surface area is 162 Å². The predicted octanol–water partition coefficient (Wildman–Crippen LogP) is 2.50. The van der Waals surface area contributed by atoms with Gasteiger partial charge in [-0.2, -0.15) is 0 Å². The minimum Gasteiger partial charge on any atom is -0.493 e. The van der Waals surface area contributed by atoms with Crippen molar-refractivity contribution in [2.24, 2.45) is 11.7 Å². The second-order valence-corrected chi connectivity index (χ2v) is 6.59. The van der Waals surface area contributed by atoms with Gasteiger partial charge in [-0.05, 0) is 31.5 Å². The highest BCUT2D eigenvalue weighted by molar-refractivity contribution is 6.12. The molecule has 0 bridgehead atoms. The number of hydrogen-bond acceptors (Lipinski definition) is 6. The first-order valence-electron chi connectivity index (χ1n) is 9.00. The van der Waals surface area contributed by atoms with Gasteiger partial charge in [0.1, 0.15) is 5.69 Å². The standard InChI is InChI=1S/C20H24N2O6/c1-26-13-7-6-11(18(27-2)19(13)28-3)14-12(8-9-21)22-16(20(24)25)15(14)17(23)10-4-5-10/h6-7,10,22H,4-5,8-9,21H2,1-3H3,(H,24,25). The average molecular weight is 388 g/mol. The number of nitrogens with one attached hydrogen (secondary N) is 1. The van der Waals surface area contributed by atoms with Crippen LogP contribution in [0.25, 0.3) is 11.1 Å². The molecule has 2 aromatic rings. The van der Waals surface area contributed by atoms with E-state index in [1.54, 1.807) is 12.1 Å². The van der Waals surface area contributed by atoms with Gasteiger partial charge in [0.2, 0.25) is 5.75 Å². The van der Waals surface area contributed by atoms with Crippen LogP contribution in [-0.2, 0) is 6.42 Å². The largest absolute Gasteiger partial charge is 0.493 e. The van der Waals surface area contributed by atoms with E-state index in [2.05, 4.69) is 4.98 Å². The van der Waals surface area contributed by atoms with Crippen molar-refractivity contribution in [3.05, 3.63) is 29.1 Å². The van der Waals surface area contributed by atoms with Crippen molar-refractivity contribution in [2.75, 3.05) is 27.9 Å². The van der Waals surface area contributed by atoms with Crippen molar-refractivity contribution in [1.29, 1.82) is 0 Å². The minimum atomic E-state index is -1.19. The molecule has 8 nitrogen and oxygen atoms in total. The quantitative estimate of drug-likeness (QED) is 0.564. The lowest BCUT2D eigenvalue weighted by atomic mass is 9.93. The monoisotopic (exact) mass is 388 g/mol. The van der Waals surface area contributed by atoms with Gasteiger partial charge in [0, 0.05) is 29.2 Å². The van der Waals surface area contributed by atoms with Crippen LogP contribution in [0.15, 0.2) is 12.1 Å². The van der Waals surface area contributed by atoms with Crippen LogP contribution in [0.1, 0.15) is 39.4 Å². The van der Waals surface area contributed by atoms with Gasteiger partial charge in [0.15, 0.2) is 17.3 Å². The first-order valence-corrected chi connectivity index (χ1v) is 9.00. The van der Waals surface area contributed by atoms with Crippen LogP contribution < -0.4 is 19.9 Å². The van der Waals surface area contributed by atoms with Crippen LogP contribution in [0, 0.1) is 5.92 Å². The molecule has 0 unspecified atom stereocenters. The zero-order chi connectivity index (χ0) is 20.4.